The zero-order valence-corrected chi connectivity index (χ0v) is 11.8. The Labute approximate surface area is 117 Å². The van der Waals surface area contributed by atoms with Gasteiger partial charge in [0.05, 0.1) is 17.3 Å². The molecule has 0 aliphatic heterocycles. The first-order valence-electron chi connectivity index (χ1n) is 6.01. The van der Waals surface area contributed by atoms with Crippen LogP contribution in [0.3, 0.4) is 0 Å². The Hall–Kier alpha value is -1.59. The lowest BCUT2D eigenvalue weighted by molar-refractivity contribution is -0.117. The lowest BCUT2D eigenvalue weighted by Gasteiger charge is -2.10. The normalized spacial score (nSPS) is 10.4. The van der Waals surface area contributed by atoms with Crippen molar-refractivity contribution in [3.8, 4) is 0 Å². The van der Waals surface area contributed by atoms with Crippen molar-refractivity contribution >= 4 is 34.8 Å². The van der Waals surface area contributed by atoms with Gasteiger partial charge in [0.15, 0.2) is 0 Å². The highest BCUT2D eigenvalue weighted by atomic mass is 35.5. The van der Waals surface area contributed by atoms with Crippen molar-refractivity contribution in [2.24, 2.45) is 11.7 Å². The molecule has 1 rings (SSSR count). The Morgan fingerprint density at radius 3 is 2.47 bits per heavy atom. The first kappa shape index (κ1) is 15.5. The summed E-state index contributed by atoms with van der Waals surface area (Å²) >= 11 is 6.04. The van der Waals surface area contributed by atoms with Gasteiger partial charge in [-0.1, -0.05) is 25.4 Å². The molecule has 0 aliphatic carbocycles. The Morgan fingerprint density at radius 1 is 1.26 bits per heavy atom. The van der Waals surface area contributed by atoms with Crippen molar-refractivity contribution in [3.05, 3.63) is 23.2 Å². The molecule has 1 aromatic rings. The molecule has 5 nitrogen and oxygen atoms in total. The predicted octanol–water partition coefficient (Wildman–Crippen LogP) is 2.22. The average molecular weight is 284 g/mol. The maximum atomic E-state index is 11.6. The number of carbonyl (C=O) groups excluding carboxylic acids is 2. The van der Waals surface area contributed by atoms with Gasteiger partial charge < -0.3 is 16.4 Å². The van der Waals surface area contributed by atoms with E-state index in [2.05, 4.69) is 10.6 Å². The summed E-state index contributed by atoms with van der Waals surface area (Å²) in [5.41, 5.74) is 6.27. The SMILES string of the molecule is CC(C)CC(=O)Nc1ccc(NC(=O)CN)cc1Cl. The number of benzene rings is 1. The fourth-order valence-corrected chi connectivity index (χ4v) is 1.71. The summed E-state index contributed by atoms with van der Waals surface area (Å²) in [4.78, 5) is 22.8. The van der Waals surface area contributed by atoms with Crippen LogP contribution in [0.2, 0.25) is 5.02 Å². The summed E-state index contributed by atoms with van der Waals surface area (Å²) in [6.07, 6.45) is 0.433. The standard InChI is InChI=1S/C13H18ClN3O2/c1-8(2)5-12(18)17-11-4-3-9(6-10(11)14)16-13(19)7-15/h3-4,6,8H,5,7,15H2,1-2H3,(H,16,19)(H,17,18). The summed E-state index contributed by atoms with van der Waals surface area (Å²) in [6.45, 7) is 3.84. The molecule has 0 atom stereocenters. The van der Waals surface area contributed by atoms with E-state index in [1.54, 1.807) is 18.2 Å². The van der Waals surface area contributed by atoms with Crippen molar-refractivity contribution in [3.63, 3.8) is 0 Å². The molecule has 104 valence electrons. The highest BCUT2D eigenvalue weighted by Gasteiger charge is 2.09. The number of amides is 2. The molecule has 0 fully saturated rings. The third kappa shape index (κ3) is 5.28. The molecule has 4 N–H and O–H groups in total. The molecular weight excluding hydrogens is 266 g/mol. The number of hydrogen-bond acceptors (Lipinski definition) is 3. The van der Waals surface area contributed by atoms with E-state index < -0.39 is 0 Å². The maximum Gasteiger partial charge on any atom is 0.238 e. The second kappa shape index (κ2) is 7.11. The Bertz CT molecular complexity index is 475. The van der Waals surface area contributed by atoms with Gasteiger partial charge in [0.2, 0.25) is 11.8 Å². The molecule has 0 radical (unpaired) electrons. The van der Waals surface area contributed by atoms with Gasteiger partial charge in [-0.05, 0) is 24.1 Å². The van der Waals surface area contributed by atoms with Crippen LogP contribution < -0.4 is 16.4 Å². The molecule has 0 saturated carbocycles. The fraction of sp³-hybridized carbons (Fsp3) is 0.385. The monoisotopic (exact) mass is 283 g/mol. The van der Waals surface area contributed by atoms with Gasteiger partial charge in [-0.25, -0.2) is 0 Å². The summed E-state index contributed by atoms with van der Waals surface area (Å²) in [7, 11) is 0. The van der Waals surface area contributed by atoms with Crippen LogP contribution in [-0.4, -0.2) is 18.4 Å². The smallest absolute Gasteiger partial charge is 0.238 e. The zero-order valence-electron chi connectivity index (χ0n) is 11.0. The van der Waals surface area contributed by atoms with Crippen molar-refractivity contribution in [2.75, 3.05) is 17.2 Å². The van der Waals surface area contributed by atoms with Crippen LogP contribution in [0.15, 0.2) is 18.2 Å². The molecule has 6 heteroatoms. The van der Waals surface area contributed by atoms with Gasteiger partial charge in [0, 0.05) is 12.1 Å². The summed E-state index contributed by atoms with van der Waals surface area (Å²) < 4.78 is 0. The van der Waals surface area contributed by atoms with Crippen LogP contribution in [0.5, 0.6) is 0 Å². The fourth-order valence-electron chi connectivity index (χ4n) is 1.48. The van der Waals surface area contributed by atoms with Gasteiger partial charge in [-0.3, -0.25) is 9.59 Å². The first-order chi connectivity index (χ1) is 8.92. The molecule has 0 spiro atoms. The van der Waals surface area contributed by atoms with Gasteiger partial charge in [0.25, 0.3) is 0 Å². The van der Waals surface area contributed by atoms with Crippen LogP contribution in [0.4, 0.5) is 11.4 Å². The van der Waals surface area contributed by atoms with E-state index in [0.29, 0.717) is 22.8 Å². The van der Waals surface area contributed by atoms with Crippen molar-refractivity contribution in [1.29, 1.82) is 0 Å². The minimum atomic E-state index is -0.298. The quantitative estimate of drug-likeness (QED) is 0.775. The second-order valence-electron chi connectivity index (χ2n) is 4.59. The molecule has 0 aromatic heterocycles. The predicted molar refractivity (Wildman–Crippen MR) is 77.2 cm³/mol. The van der Waals surface area contributed by atoms with Gasteiger partial charge >= 0.3 is 0 Å². The van der Waals surface area contributed by atoms with E-state index in [1.165, 1.54) is 0 Å². The summed E-state index contributed by atoms with van der Waals surface area (Å²) in [5, 5.41) is 5.68. The number of halogens is 1. The Balaban J connectivity index is 2.72. The van der Waals surface area contributed by atoms with Crippen LogP contribution in [0.25, 0.3) is 0 Å². The molecule has 0 heterocycles. The molecule has 0 saturated heterocycles. The zero-order chi connectivity index (χ0) is 14.4. The molecule has 2 amide bonds. The van der Waals surface area contributed by atoms with E-state index in [0.717, 1.165) is 0 Å². The van der Waals surface area contributed by atoms with Crippen LogP contribution in [0, 0.1) is 5.92 Å². The number of rotatable bonds is 5. The van der Waals surface area contributed by atoms with E-state index in [-0.39, 0.29) is 24.3 Å². The summed E-state index contributed by atoms with van der Waals surface area (Å²) in [5.74, 6) is -0.106. The number of hydrogen-bond donors (Lipinski definition) is 3. The molecule has 0 bridgehead atoms. The van der Waals surface area contributed by atoms with Gasteiger partial charge in [-0.2, -0.15) is 0 Å². The number of nitrogens with one attached hydrogen (secondary N) is 2. The average Bonchev–Trinajstić information content (AvgIpc) is 2.31. The second-order valence-corrected chi connectivity index (χ2v) is 5.00. The minimum absolute atomic E-state index is 0.0874. The van der Waals surface area contributed by atoms with E-state index in [9.17, 15) is 9.59 Å². The largest absolute Gasteiger partial charge is 0.325 e. The maximum absolute atomic E-state index is 11.6. The first-order valence-corrected chi connectivity index (χ1v) is 6.39. The third-order valence-electron chi connectivity index (χ3n) is 2.31. The van der Waals surface area contributed by atoms with Gasteiger partial charge in [-0.15, -0.1) is 0 Å². The van der Waals surface area contributed by atoms with Crippen molar-refractivity contribution in [1.82, 2.24) is 0 Å². The molecule has 19 heavy (non-hydrogen) atoms. The minimum Gasteiger partial charge on any atom is -0.325 e. The molecule has 0 aliphatic rings. The molecular formula is C13H18ClN3O2. The van der Waals surface area contributed by atoms with Crippen LogP contribution in [0.1, 0.15) is 20.3 Å². The van der Waals surface area contributed by atoms with Crippen LogP contribution >= 0.6 is 11.6 Å². The van der Waals surface area contributed by atoms with E-state index in [4.69, 9.17) is 17.3 Å². The van der Waals surface area contributed by atoms with Crippen molar-refractivity contribution in [2.45, 2.75) is 20.3 Å². The van der Waals surface area contributed by atoms with E-state index >= 15 is 0 Å². The van der Waals surface area contributed by atoms with Crippen LogP contribution in [-0.2, 0) is 9.59 Å². The van der Waals surface area contributed by atoms with Gasteiger partial charge in [0.1, 0.15) is 0 Å². The summed E-state index contributed by atoms with van der Waals surface area (Å²) in [6, 6.07) is 4.87. The molecule has 0 unspecified atom stereocenters. The Kier molecular flexibility index (Phi) is 5.79. The lowest BCUT2D eigenvalue weighted by Crippen LogP contribution is -2.21. The highest BCUT2D eigenvalue weighted by Crippen LogP contribution is 2.25. The van der Waals surface area contributed by atoms with E-state index in [1.807, 2.05) is 13.8 Å². The number of nitrogens with two attached hydrogens (primary N) is 1. The lowest BCUT2D eigenvalue weighted by atomic mass is 10.1. The third-order valence-corrected chi connectivity index (χ3v) is 2.62. The number of anilines is 2. The molecule has 1 aromatic carbocycles. The van der Waals surface area contributed by atoms with Crippen molar-refractivity contribution < 1.29 is 9.59 Å². The number of carbonyl (C=O) groups is 2. The topological polar surface area (TPSA) is 84.2 Å². The Morgan fingerprint density at radius 2 is 1.95 bits per heavy atom. The highest BCUT2D eigenvalue weighted by molar-refractivity contribution is 6.34.